The van der Waals surface area contributed by atoms with E-state index in [1.807, 2.05) is 6.07 Å². The first-order valence-corrected chi connectivity index (χ1v) is 4.78. The first-order valence-electron chi connectivity index (χ1n) is 4.78. The van der Waals surface area contributed by atoms with E-state index in [1.54, 1.807) is 0 Å². The molecule has 0 atom stereocenters. The molecule has 2 heteroatoms. The second-order valence-electron chi connectivity index (χ2n) is 3.03. The summed E-state index contributed by atoms with van der Waals surface area (Å²) in [6, 6.07) is 6.18. The number of rotatable bonds is 4. The van der Waals surface area contributed by atoms with Crippen molar-refractivity contribution in [2.24, 2.45) is 0 Å². The second kappa shape index (κ2) is 4.87. The van der Waals surface area contributed by atoms with E-state index in [9.17, 15) is 0 Å². The van der Waals surface area contributed by atoms with E-state index in [0.717, 1.165) is 24.2 Å². The molecule has 0 heterocycles. The number of nitrogens with one attached hydrogen (secondary N) is 1. The smallest absolute Gasteiger partial charge is 0.0702 e. The van der Waals surface area contributed by atoms with E-state index < -0.39 is 0 Å². The van der Waals surface area contributed by atoms with E-state index >= 15 is 0 Å². The van der Waals surface area contributed by atoms with Gasteiger partial charge in [-0.05, 0) is 25.0 Å². The Morgan fingerprint density at radius 1 is 1.31 bits per heavy atom. The molecular weight excluding hydrogens is 162 g/mol. The standard InChI is InChI=1S/C11H17NO/c1-3-9-5-6-11(12-4-2)10(7-9)8-13/h5-7,12-13H,3-4,8H2,1-2H3. The topological polar surface area (TPSA) is 32.3 Å². The molecule has 0 aromatic heterocycles. The predicted octanol–water partition coefficient (Wildman–Crippen LogP) is 2.17. The average Bonchev–Trinajstić information content (AvgIpc) is 2.19. The summed E-state index contributed by atoms with van der Waals surface area (Å²) in [7, 11) is 0. The van der Waals surface area contributed by atoms with Gasteiger partial charge in [0, 0.05) is 17.8 Å². The van der Waals surface area contributed by atoms with Crippen molar-refractivity contribution in [1.82, 2.24) is 0 Å². The number of aryl methyl sites for hydroxylation is 1. The van der Waals surface area contributed by atoms with E-state index in [4.69, 9.17) is 5.11 Å². The Kier molecular flexibility index (Phi) is 3.77. The monoisotopic (exact) mass is 179 g/mol. The molecular formula is C11H17NO. The summed E-state index contributed by atoms with van der Waals surface area (Å²) in [5, 5.41) is 12.3. The van der Waals surface area contributed by atoms with Gasteiger partial charge in [-0.25, -0.2) is 0 Å². The molecule has 13 heavy (non-hydrogen) atoms. The Balaban J connectivity index is 2.93. The SMILES string of the molecule is CCNc1ccc(CC)cc1CO. The number of hydrogen-bond donors (Lipinski definition) is 2. The number of hydrogen-bond acceptors (Lipinski definition) is 2. The van der Waals surface area contributed by atoms with Gasteiger partial charge < -0.3 is 10.4 Å². The number of aliphatic hydroxyl groups excluding tert-OH is 1. The molecule has 0 radical (unpaired) electrons. The first-order chi connectivity index (χ1) is 6.31. The fraction of sp³-hybridized carbons (Fsp3) is 0.455. The van der Waals surface area contributed by atoms with Gasteiger partial charge in [0.15, 0.2) is 0 Å². The molecule has 0 aliphatic carbocycles. The molecule has 0 unspecified atom stereocenters. The lowest BCUT2D eigenvalue weighted by atomic mass is 10.1. The van der Waals surface area contributed by atoms with Crippen LogP contribution < -0.4 is 5.32 Å². The van der Waals surface area contributed by atoms with Crippen LogP contribution in [-0.4, -0.2) is 11.7 Å². The van der Waals surface area contributed by atoms with Gasteiger partial charge in [-0.15, -0.1) is 0 Å². The van der Waals surface area contributed by atoms with Gasteiger partial charge in [0.1, 0.15) is 0 Å². The molecule has 1 aromatic rings. The Morgan fingerprint density at radius 3 is 2.62 bits per heavy atom. The quantitative estimate of drug-likeness (QED) is 0.742. The summed E-state index contributed by atoms with van der Waals surface area (Å²) in [4.78, 5) is 0. The maximum Gasteiger partial charge on any atom is 0.0702 e. The number of benzene rings is 1. The zero-order valence-corrected chi connectivity index (χ0v) is 8.30. The number of anilines is 1. The highest BCUT2D eigenvalue weighted by Gasteiger charge is 2.00. The fourth-order valence-electron chi connectivity index (χ4n) is 1.36. The molecule has 2 N–H and O–H groups in total. The molecule has 0 spiro atoms. The Morgan fingerprint density at radius 2 is 2.08 bits per heavy atom. The van der Waals surface area contributed by atoms with Crippen LogP contribution in [0.25, 0.3) is 0 Å². The van der Waals surface area contributed by atoms with E-state index in [-0.39, 0.29) is 6.61 Å². The summed E-state index contributed by atoms with van der Waals surface area (Å²) in [6.45, 7) is 5.16. The maximum atomic E-state index is 9.13. The molecule has 1 aromatic carbocycles. The van der Waals surface area contributed by atoms with Crippen LogP contribution in [0.15, 0.2) is 18.2 Å². The van der Waals surface area contributed by atoms with Crippen molar-refractivity contribution in [2.45, 2.75) is 26.9 Å². The molecule has 0 aliphatic heterocycles. The summed E-state index contributed by atoms with van der Waals surface area (Å²) < 4.78 is 0. The zero-order chi connectivity index (χ0) is 9.68. The van der Waals surface area contributed by atoms with Crippen molar-refractivity contribution in [3.8, 4) is 0 Å². The summed E-state index contributed by atoms with van der Waals surface area (Å²) in [6.07, 6.45) is 1.01. The minimum atomic E-state index is 0.107. The minimum Gasteiger partial charge on any atom is -0.392 e. The van der Waals surface area contributed by atoms with Gasteiger partial charge in [-0.1, -0.05) is 19.1 Å². The summed E-state index contributed by atoms with van der Waals surface area (Å²) in [5.41, 5.74) is 3.30. The molecule has 0 amide bonds. The third-order valence-corrected chi connectivity index (χ3v) is 2.12. The molecule has 0 bridgehead atoms. The molecule has 0 saturated heterocycles. The van der Waals surface area contributed by atoms with Crippen molar-refractivity contribution >= 4 is 5.69 Å². The summed E-state index contributed by atoms with van der Waals surface area (Å²) >= 11 is 0. The molecule has 72 valence electrons. The molecule has 0 aliphatic rings. The van der Waals surface area contributed by atoms with Crippen LogP contribution in [0.5, 0.6) is 0 Å². The van der Waals surface area contributed by atoms with Crippen LogP contribution in [0.3, 0.4) is 0 Å². The van der Waals surface area contributed by atoms with Crippen molar-refractivity contribution < 1.29 is 5.11 Å². The van der Waals surface area contributed by atoms with Gasteiger partial charge >= 0.3 is 0 Å². The third-order valence-electron chi connectivity index (χ3n) is 2.12. The summed E-state index contributed by atoms with van der Waals surface area (Å²) in [5.74, 6) is 0. The lowest BCUT2D eigenvalue weighted by Gasteiger charge is -2.09. The molecule has 2 nitrogen and oxygen atoms in total. The van der Waals surface area contributed by atoms with Crippen molar-refractivity contribution in [1.29, 1.82) is 0 Å². The highest BCUT2D eigenvalue weighted by atomic mass is 16.3. The van der Waals surface area contributed by atoms with Gasteiger partial charge in [0.2, 0.25) is 0 Å². The van der Waals surface area contributed by atoms with Crippen molar-refractivity contribution in [2.75, 3.05) is 11.9 Å². The average molecular weight is 179 g/mol. The highest BCUT2D eigenvalue weighted by Crippen LogP contribution is 2.17. The molecule has 0 saturated carbocycles. The molecule has 1 rings (SSSR count). The Hall–Kier alpha value is -1.02. The normalized spacial score (nSPS) is 10.1. The fourth-order valence-corrected chi connectivity index (χ4v) is 1.36. The zero-order valence-electron chi connectivity index (χ0n) is 8.30. The Bertz CT molecular complexity index is 271. The lowest BCUT2D eigenvalue weighted by Crippen LogP contribution is -2.01. The van der Waals surface area contributed by atoms with E-state index in [1.165, 1.54) is 5.56 Å². The van der Waals surface area contributed by atoms with Crippen molar-refractivity contribution in [3.63, 3.8) is 0 Å². The first kappa shape index (κ1) is 10.1. The largest absolute Gasteiger partial charge is 0.392 e. The van der Waals surface area contributed by atoms with Crippen LogP contribution in [0.1, 0.15) is 25.0 Å². The van der Waals surface area contributed by atoms with E-state index in [0.29, 0.717) is 0 Å². The predicted molar refractivity (Wildman–Crippen MR) is 55.9 cm³/mol. The van der Waals surface area contributed by atoms with E-state index in [2.05, 4.69) is 31.3 Å². The highest BCUT2D eigenvalue weighted by molar-refractivity contribution is 5.52. The van der Waals surface area contributed by atoms with Gasteiger partial charge in [0.05, 0.1) is 6.61 Å². The van der Waals surface area contributed by atoms with Crippen molar-refractivity contribution in [3.05, 3.63) is 29.3 Å². The van der Waals surface area contributed by atoms with Gasteiger partial charge in [-0.3, -0.25) is 0 Å². The number of aliphatic hydroxyl groups is 1. The Labute approximate surface area is 79.6 Å². The second-order valence-corrected chi connectivity index (χ2v) is 3.03. The maximum absolute atomic E-state index is 9.13. The van der Waals surface area contributed by atoms with Crippen LogP contribution in [0, 0.1) is 0 Å². The molecule has 0 fully saturated rings. The minimum absolute atomic E-state index is 0.107. The van der Waals surface area contributed by atoms with Crippen LogP contribution in [0.2, 0.25) is 0 Å². The van der Waals surface area contributed by atoms with Crippen LogP contribution >= 0.6 is 0 Å². The van der Waals surface area contributed by atoms with Gasteiger partial charge in [0.25, 0.3) is 0 Å². The van der Waals surface area contributed by atoms with Crippen LogP contribution in [-0.2, 0) is 13.0 Å². The third kappa shape index (κ3) is 2.46. The van der Waals surface area contributed by atoms with Crippen LogP contribution in [0.4, 0.5) is 5.69 Å². The van der Waals surface area contributed by atoms with Gasteiger partial charge in [-0.2, -0.15) is 0 Å². The lowest BCUT2D eigenvalue weighted by molar-refractivity contribution is 0.282.